The van der Waals surface area contributed by atoms with Crippen LogP contribution in [0.25, 0.3) is 5.69 Å². The largest absolute Gasteiger partial charge is 0.289 e. The topological polar surface area (TPSA) is 120 Å². The minimum Gasteiger partial charge on any atom is -0.271 e. The van der Waals surface area contributed by atoms with E-state index in [0.717, 1.165) is 23.3 Å². The van der Waals surface area contributed by atoms with E-state index < -0.39 is 20.6 Å². The number of rotatable bonds is 9. The highest BCUT2D eigenvalue weighted by molar-refractivity contribution is 7.98. The first-order valence-electron chi connectivity index (χ1n) is 10.6. The summed E-state index contributed by atoms with van der Waals surface area (Å²) in [4.78, 5) is 10.1. The van der Waals surface area contributed by atoms with E-state index in [0.29, 0.717) is 26.6 Å². The van der Waals surface area contributed by atoms with Crippen LogP contribution in [0.3, 0.4) is 0 Å². The number of nitro benzene ring substituents is 1. The summed E-state index contributed by atoms with van der Waals surface area (Å²) in [6.45, 7) is 1.74. The summed E-state index contributed by atoms with van der Waals surface area (Å²) in [5.41, 5.74) is 2.20. The fourth-order valence-corrected chi connectivity index (χ4v) is 5.99. The molecule has 0 spiro atoms. The summed E-state index contributed by atoms with van der Waals surface area (Å²) in [5, 5.41) is 20.7. The van der Waals surface area contributed by atoms with E-state index in [2.05, 4.69) is 21.0 Å². The van der Waals surface area contributed by atoms with E-state index in [1.165, 1.54) is 17.8 Å². The standard InChI is InChI=1S/C23H18Cl3N5O4S2/c1-14-3-2-4-15(9-14)13-36-23-29-28-22(30(23)20-8-5-16(24)10-19(20)26)12-27-37(34,35)17-6-7-18(25)21(11-17)31(32)33/h2-11,27H,12-13H2,1H3. The molecule has 1 N–H and O–H groups in total. The Labute approximate surface area is 232 Å². The van der Waals surface area contributed by atoms with Gasteiger partial charge in [0.15, 0.2) is 11.0 Å². The second-order valence-electron chi connectivity index (χ2n) is 7.80. The fourth-order valence-electron chi connectivity index (χ4n) is 3.41. The molecular formula is C23H18Cl3N5O4S2. The molecule has 0 saturated heterocycles. The number of halogens is 3. The van der Waals surface area contributed by atoms with Gasteiger partial charge in [0.25, 0.3) is 5.69 Å². The van der Waals surface area contributed by atoms with Gasteiger partial charge in [0, 0.05) is 16.8 Å². The SMILES string of the molecule is Cc1cccc(CSc2nnc(CNS(=O)(=O)c3ccc(Cl)c([N+](=O)[O-])c3)n2-c2ccc(Cl)cc2Cl)c1. The van der Waals surface area contributed by atoms with Crippen molar-refractivity contribution in [3.05, 3.63) is 103 Å². The Morgan fingerprint density at radius 3 is 2.51 bits per heavy atom. The van der Waals surface area contributed by atoms with Gasteiger partial charge in [-0.3, -0.25) is 14.7 Å². The number of benzene rings is 3. The van der Waals surface area contributed by atoms with Crippen molar-refractivity contribution in [1.29, 1.82) is 0 Å². The molecule has 9 nitrogen and oxygen atoms in total. The normalized spacial score (nSPS) is 11.6. The number of thioether (sulfide) groups is 1. The van der Waals surface area contributed by atoms with Crippen molar-refractivity contribution < 1.29 is 13.3 Å². The lowest BCUT2D eigenvalue weighted by Crippen LogP contribution is -2.25. The predicted octanol–water partition coefficient (Wildman–Crippen LogP) is 6.21. The summed E-state index contributed by atoms with van der Waals surface area (Å²) in [7, 11) is -4.15. The van der Waals surface area contributed by atoms with Crippen LogP contribution in [0.4, 0.5) is 5.69 Å². The highest BCUT2D eigenvalue weighted by atomic mass is 35.5. The van der Waals surface area contributed by atoms with Gasteiger partial charge in [0.1, 0.15) is 5.02 Å². The van der Waals surface area contributed by atoms with Crippen molar-refractivity contribution in [3.8, 4) is 5.69 Å². The van der Waals surface area contributed by atoms with E-state index in [9.17, 15) is 18.5 Å². The minimum absolute atomic E-state index is 0.170. The number of nitro groups is 1. The van der Waals surface area contributed by atoms with E-state index in [4.69, 9.17) is 34.8 Å². The number of sulfonamides is 1. The lowest BCUT2D eigenvalue weighted by Gasteiger charge is -2.13. The first kappa shape index (κ1) is 27.4. The Balaban J connectivity index is 1.65. The molecule has 0 radical (unpaired) electrons. The summed E-state index contributed by atoms with van der Waals surface area (Å²) in [5.74, 6) is 0.841. The molecule has 1 aromatic heterocycles. The predicted molar refractivity (Wildman–Crippen MR) is 144 cm³/mol. The van der Waals surface area contributed by atoms with Crippen molar-refractivity contribution >= 4 is 62.3 Å². The van der Waals surface area contributed by atoms with Gasteiger partial charge < -0.3 is 0 Å². The van der Waals surface area contributed by atoms with E-state index in [-0.39, 0.29) is 22.3 Å². The molecule has 4 rings (SSSR count). The first-order chi connectivity index (χ1) is 17.5. The van der Waals surface area contributed by atoms with E-state index in [1.807, 2.05) is 25.1 Å². The monoisotopic (exact) mass is 597 g/mol. The Hall–Kier alpha value is -2.67. The Morgan fingerprint density at radius 1 is 1.03 bits per heavy atom. The van der Waals surface area contributed by atoms with Crippen LogP contribution in [-0.4, -0.2) is 28.1 Å². The van der Waals surface area contributed by atoms with Crippen molar-refractivity contribution in [3.63, 3.8) is 0 Å². The highest BCUT2D eigenvalue weighted by Crippen LogP contribution is 2.31. The summed E-state index contributed by atoms with van der Waals surface area (Å²) >= 11 is 19.8. The smallest absolute Gasteiger partial charge is 0.271 e. The Morgan fingerprint density at radius 2 is 1.81 bits per heavy atom. The average Bonchev–Trinajstić information content (AvgIpc) is 3.24. The third kappa shape index (κ3) is 6.43. The van der Waals surface area contributed by atoms with Crippen molar-refractivity contribution in [2.75, 3.05) is 0 Å². The summed E-state index contributed by atoms with van der Waals surface area (Å²) in [6.07, 6.45) is 0. The fraction of sp³-hybridized carbons (Fsp3) is 0.130. The third-order valence-electron chi connectivity index (χ3n) is 5.15. The molecule has 0 fully saturated rings. The van der Waals surface area contributed by atoms with Gasteiger partial charge in [-0.2, -0.15) is 0 Å². The maximum absolute atomic E-state index is 12.9. The van der Waals surface area contributed by atoms with Crippen LogP contribution in [0.2, 0.25) is 15.1 Å². The van der Waals surface area contributed by atoms with Crippen molar-refractivity contribution in [2.24, 2.45) is 0 Å². The molecule has 192 valence electrons. The first-order valence-corrected chi connectivity index (χ1v) is 14.2. The lowest BCUT2D eigenvalue weighted by molar-refractivity contribution is -0.384. The van der Waals surface area contributed by atoms with Crippen LogP contribution < -0.4 is 4.72 Å². The Bertz CT molecular complexity index is 1600. The number of nitrogens with one attached hydrogen (secondary N) is 1. The molecule has 0 amide bonds. The molecule has 37 heavy (non-hydrogen) atoms. The number of aromatic nitrogens is 3. The van der Waals surface area contributed by atoms with Crippen LogP contribution in [-0.2, 0) is 22.3 Å². The zero-order chi connectivity index (χ0) is 26.7. The minimum atomic E-state index is -4.15. The lowest BCUT2D eigenvalue weighted by atomic mass is 10.2. The third-order valence-corrected chi connectivity index (χ3v) is 8.40. The van der Waals surface area contributed by atoms with Crippen LogP contribution in [0.1, 0.15) is 17.0 Å². The molecular weight excluding hydrogens is 581 g/mol. The molecule has 0 saturated carbocycles. The summed E-state index contributed by atoms with van der Waals surface area (Å²) < 4.78 is 29.9. The molecule has 0 aliphatic rings. The highest BCUT2D eigenvalue weighted by Gasteiger charge is 2.23. The molecule has 3 aromatic carbocycles. The van der Waals surface area contributed by atoms with Gasteiger partial charge in [0.05, 0.1) is 27.1 Å². The van der Waals surface area contributed by atoms with Crippen LogP contribution in [0, 0.1) is 17.0 Å². The van der Waals surface area contributed by atoms with Crippen LogP contribution in [0.5, 0.6) is 0 Å². The molecule has 1 heterocycles. The number of hydrogen-bond donors (Lipinski definition) is 1. The van der Waals surface area contributed by atoms with Crippen molar-refractivity contribution in [1.82, 2.24) is 19.5 Å². The van der Waals surface area contributed by atoms with E-state index >= 15 is 0 Å². The van der Waals surface area contributed by atoms with Gasteiger partial charge in [-0.1, -0.05) is 76.4 Å². The zero-order valence-corrected chi connectivity index (χ0v) is 23.0. The molecule has 0 aliphatic heterocycles. The molecule has 0 bridgehead atoms. The molecule has 0 atom stereocenters. The van der Waals surface area contributed by atoms with Crippen LogP contribution >= 0.6 is 46.6 Å². The molecule has 14 heteroatoms. The maximum Gasteiger partial charge on any atom is 0.289 e. The zero-order valence-electron chi connectivity index (χ0n) is 19.1. The van der Waals surface area contributed by atoms with Gasteiger partial charge in [0.2, 0.25) is 10.0 Å². The average molecular weight is 599 g/mol. The van der Waals surface area contributed by atoms with Crippen LogP contribution in [0.15, 0.2) is 70.7 Å². The number of nitrogens with zero attached hydrogens (tertiary/aromatic N) is 4. The molecule has 0 unspecified atom stereocenters. The number of aryl methyl sites for hydroxylation is 1. The van der Waals surface area contributed by atoms with Gasteiger partial charge in [-0.25, -0.2) is 13.1 Å². The Kier molecular flexibility index (Phi) is 8.42. The summed E-state index contributed by atoms with van der Waals surface area (Å²) in [6, 6.07) is 16.2. The number of hydrogen-bond acceptors (Lipinski definition) is 7. The second-order valence-corrected chi connectivity index (χ2v) is 11.8. The second kappa shape index (κ2) is 11.4. The molecule has 0 aliphatic carbocycles. The van der Waals surface area contributed by atoms with Gasteiger partial charge >= 0.3 is 0 Å². The quantitative estimate of drug-likeness (QED) is 0.138. The van der Waals surface area contributed by atoms with Crippen molar-refractivity contribution in [2.45, 2.75) is 29.3 Å². The maximum atomic E-state index is 12.9. The van der Waals surface area contributed by atoms with Gasteiger partial charge in [-0.15, -0.1) is 10.2 Å². The van der Waals surface area contributed by atoms with E-state index in [1.54, 1.807) is 22.8 Å². The van der Waals surface area contributed by atoms with Gasteiger partial charge in [-0.05, 0) is 42.8 Å². The molecule has 4 aromatic rings.